The molecule has 1 N–H and O–H groups in total. The van der Waals surface area contributed by atoms with Crippen LogP contribution in [0.1, 0.15) is 22.9 Å². The van der Waals surface area contributed by atoms with Crippen LogP contribution in [0.5, 0.6) is 17.2 Å². The molecular weight excluding hydrogens is 458 g/mol. The zero-order chi connectivity index (χ0) is 24.4. The van der Waals surface area contributed by atoms with Crippen molar-refractivity contribution in [2.45, 2.75) is 18.5 Å². The first-order chi connectivity index (χ1) is 17.6. The molecule has 36 heavy (non-hydrogen) atoms. The Bertz CT molecular complexity index is 1540. The number of nitrogens with zero attached hydrogens (tertiary/aromatic N) is 2. The zero-order valence-corrected chi connectivity index (χ0v) is 19.6. The first-order valence-electron chi connectivity index (χ1n) is 11.9. The molecule has 1 fully saturated rings. The second kappa shape index (κ2) is 7.78. The molecule has 4 aromatic rings. The standard InChI is InChI=1S/C28H23N3O5/c1-34-18-6-4-5-16(13-18)26-25-20(19-7-2-3-8-21(19)29-25)15-22-27(32)30(28(33)31(22)26)17-9-10-23-24(14-17)36-12-11-35-23/h2-10,13-14,22,26,29H,11-12,15H2,1H3/t22-,26-/m0/s1. The van der Waals surface area contributed by atoms with E-state index in [1.54, 1.807) is 30.2 Å². The predicted octanol–water partition coefficient (Wildman–Crippen LogP) is 4.43. The van der Waals surface area contributed by atoms with E-state index in [2.05, 4.69) is 11.1 Å². The molecule has 1 aromatic heterocycles. The van der Waals surface area contributed by atoms with Gasteiger partial charge in [0, 0.05) is 29.1 Å². The van der Waals surface area contributed by atoms with Crippen LogP contribution in [-0.4, -0.2) is 48.2 Å². The summed E-state index contributed by atoms with van der Waals surface area (Å²) >= 11 is 0. The highest BCUT2D eigenvalue weighted by molar-refractivity contribution is 6.22. The van der Waals surface area contributed by atoms with Gasteiger partial charge in [-0.15, -0.1) is 0 Å². The van der Waals surface area contributed by atoms with Gasteiger partial charge in [-0.25, -0.2) is 9.69 Å². The van der Waals surface area contributed by atoms with Crippen LogP contribution in [0.15, 0.2) is 66.7 Å². The maximum absolute atomic E-state index is 14.0. The monoisotopic (exact) mass is 481 g/mol. The molecule has 3 aliphatic rings. The first-order valence-corrected chi connectivity index (χ1v) is 11.9. The van der Waals surface area contributed by atoms with Gasteiger partial charge in [-0.3, -0.25) is 9.69 Å². The number of hydrogen-bond donors (Lipinski definition) is 1. The molecule has 0 unspecified atom stereocenters. The number of methoxy groups -OCH3 is 1. The minimum absolute atomic E-state index is 0.250. The third kappa shape index (κ3) is 2.94. The number of fused-ring (bicyclic) bond motifs is 5. The van der Waals surface area contributed by atoms with E-state index in [9.17, 15) is 9.59 Å². The van der Waals surface area contributed by atoms with Gasteiger partial charge in [0.25, 0.3) is 5.91 Å². The molecule has 3 aromatic carbocycles. The van der Waals surface area contributed by atoms with Crippen LogP contribution in [-0.2, 0) is 11.2 Å². The van der Waals surface area contributed by atoms with Crippen LogP contribution < -0.4 is 19.1 Å². The van der Waals surface area contributed by atoms with Crippen molar-refractivity contribution in [3.8, 4) is 17.2 Å². The summed E-state index contributed by atoms with van der Waals surface area (Å²) in [5.41, 5.74) is 4.31. The van der Waals surface area contributed by atoms with E-state index in [1.165, 1.54) is 4.90 Å². The van der Waals surface area contributed by atoms with Gasteiger partial charge in [0.05, 0.1) is 12.8 Å². The Hall–Kier alpha value is -4.46. The van der Waals surface area contributed by atoms with E-state index in [0.29, 0.717) is 42.6 Å². The fraction of sp³-hybridized carbons (Fsp3) is 0.214. The highest BCUT2D eigenvalue weighted by Crippen LogP contribution is 2.46. The van der Waals surface area contributed by atoms with Crippen LogP contribution in [0.25, 0.3) is 10.9 Å². The van der Waals surface area contributed by atoms with E-state index >= 15 is 0 Å². The number of ether oxygens (including phenoxy) is 3. The minimum atomic E-state index is -0.631. The van der Waals surface area contributed by atoms with Crippen LogP contribution in [0, 0.1) is 0 Å². The fourth-order valence-electron chi connectivity index (χ4n) is 5.64. The number of H-pyrrole nitrogens is 1. The number of benzene rings is 3. The fourth-order valence-corrected chi connectivity index (χ4v) is 5.64. The van der Waals surface area contributed by atoms with Gasteiger partial charge in [0.1, 0.15) is 31.0 Å². The summed E-state index contributed by atoms with van der Waals surface area (Å²) in [7, 11) is 1.62. The number of imide groups is 1. The lowest BCUT2D eigenvalue weighted by Gasteiger charge is -2.36. The second-order valence-electron chi connectivity index (χ2n) is 9.15. The Kier molecular flexibility index (Phi) is 4.51. The van der Waals surface area contributed by atoms with Crippen LogP contribution in [0.4, 0.5) is 10.5 Å². The average Bonchev–Trinajstić information content (AvgIpc) is 3.41. The maximum atomic E-state index is 14.0. The lowest BCUT2D eigenvalue weighted by molar-refractivity contribution is -0.120. The minimum Gasteiger partial charge on any atom is -0.497 e. The number of amides is 3. The largest absolute Gasteiger partial charge is 0.497 e. The van der Waals surface area contributed by atoms with Crippen molar-refractivity contribution in [3.05, 3.63) is 83.6 Å². The highest BCUT2D eigenvalue weighted by atomic mass is 16.6. The molecular formula is C28H23N3O5. The third-order valence-corrected chi connectivity index (χ3v) is 7.24. The van der Waals surface area contributed by atoms with Crippen LogP contribution >= 0.6 is 0 Å². The SMILES string of the molecule is COc1cccc([C@H]2c3[nH]c4ccccc4c3C[C@H]3C(=O)N(c4ccc5c(c4)OCCO5)C(=O)N23)c1. The number of para-hydroxylation sites is 1. The highest BCUT2D eigenvalue weighted by Gasteiger charge is 2.53. The van der Waals surface area contributed by atoms with Gasteiger partial charge in [-0.2, -0.15) is 0 Å². The van der Waals surface area contributed by atoms with Crippen molar-refractivity contribution >= 4 is 28.5 Å². The molecule has 7 rings (SSSR count). The van der Waals surface area contributed by atoms with Gasteiger partial charge >= 0.3 is 6.03 Å². The lowest BCUT2D eigenvalue weighted by Crippen LogP contribution is -2.44. The maximum Gasteiger partial charge on any atom is 0.332 e. The van der Waals surface area contributed by atoms with Crippen molar-refractivity contribution in [1.82, 2.24) is 9.88 Å². The van der Waals surface area contributed by atoms with Gasteiger partial charge < -0.3 is 19.2 Å². The Labute approximate surface area is 207 Å². The molecule has 0 radical (unpaired) electrons. The summed E-state index contributed by atoms with van der Waals surface area (Å²) in [5.74, 6) is 1.58. The summed E-state index contributed by atoms with van der Waals surface area (Å²) in [6.45, 7) is 0.893. The smallest absolute Gasteiger partial charge is 0.332 e. The summed E-state index contributed by atoms with van der Waals surface area (Å²) in [6.07, 6.45) is 0.436. The summed E-state index contributed by atoms with van der Waals surface area (Å²) in [4.78, 5) is 34.4. The topological polar surface area (TPSA) is 84.1 Å². The number of carbonyl (C=O) groups excluding carboxylic acids is 2. The molecule has 0 saturated carbocycles. The number of hydrogen-bond acceptors (Lipinski definition) is 5. The molecule has 0 bridgehead atoms. The third-order valence-electron chi connectivity index (χ3n) is 7.24. The predicted molar refractivity (Wildman–Crippen MR) is 133 cm³/mol. The van der Waals surface area contributed by atoms with E-state index < -0.39 is 12.1 Å². The molecule has 4 heterocycles. The number of urea groups is 1. The Morgan fingerprint density at radius 2 is 1.78 bits per heavy atom. The molecule has 3 amide bonds. The number of nitrogens with one attached hydrogen (secondary N) is 1. The van der Waals surface area contributed by atoms with Crippen molar-refractivity contribution in [3.63, 3.8) is 0 Å². The van der Waals surface area contributed by atoms with Gasteiger partial charge in [-0.1, -0.05) is 30.3 Å². The summed E-state index contributed by atoms with van der Waals surface area (Å²) in [6, 6.07) is 19.4. The normalized spacial score (nSPS) is 20.5. The summed E-state index contributed by atoms with van der Waals surface area (Å²) < 4.78 is 16.8. The number of anilines is 1. The van der Waals surface area contributed by atoms with Crippen LogP contribution in [0.3, 0.4) is 0 Å². The Balaban J connectivity index is 1.38. The molecule has 1 saturated heterocycles. The molecule has 0 spiro atoms. The number of rotatable bonds is 3. The number of carbonyl (C=O) groups is 2. The van der Waals surface area contributed by atoms with E-state index in [0.717, 1.165) is 27.7 Å². The number of aromatic nitrogens is 1. The summed E-state index contributed by atoms with van der Waals surface area (Å²) in [5, 5.41) is 1.07. The quantitative estimate of drug-likeness (QED) is 0.438. The molecule has 2 atom stereocenters. The Morgan fingerprint density at radius 3 is 2.64 bits per heavy atom. The van der Waals surface area contributed by atoms with Crippen molar-refractivity contribution in [1.29, 1.82) is 0 Å². The molecule has 8 nitrogen and oxygen atoms in total. The van der Waals surface area contributed by atoms with E-state index in [4.69, 9.17) is 14.2 Å². The number of aromatic amines is 1. The zero-order valence-electron chi connectivity index (χ0n) is 19.6. The second-order valence-corrected chi connectivity index (χ2v) is 9.15. The van der Waals surface area contributed by atoms with Gasteiger partial charge in [-0.05, 0) is 41.5 Å². The Morgan fingerprint density at radius 1 is 0.944 bits per heavy atom. The van der Waals surface area contributed by atoms with E-state index in [1.807, 2.05) is 42.5 Å². The molecule has 0 aliphatic carbocycles. The van der Waals surface area contributed by atoms with Gasteiger partial charge in [0.2, 0.25) is 0 Å². The molecule has 3 aliphatic heterocycles. The van der Waals surface area contributed by atoms with E-state index in [-0.39, 0.29) is 11.9 Å². The molecule has 180 valence electrons. The lowest BCUT2D eigenvalue weighted by atomic mass is 9.89. The van der Waals surface area contributed by atoms with Gasteiger partial charge in [0.15, 0.2) is 11.5 Å². The van der Waals surface area contributed by atoms with Crippen LogP contribution in [0.2, 0.25) is 0 Å². The first kappa shape index (κ1) is 20.9. The van der Waals surface area contributed by atoms with Crippen molar-refractivity contribution in [2.24, 2.45) is 0 Å². The van der Waals surface area contributed by atoms with Crippen molar-refractivity contribution in [2.75, 3.05) is 25.2 Å². The van der Waals surface area contributed by atoms with Crippen molar-refractivity contribution < 1.29 is 23.8 Å². The molecule has 8 heteroatoms. The average molecular weight is 482 g/mol.